The van der Waals surface area contributed by atoms with Crippen LogP contribution in [0.1, 0.15) is 24.4 Å². The standard InChI is InChI=1S/C13H18ClFN2/c1-17(8-9-2-3-9)13(7-16)11-5-4-10(14)6-12(11)15/h4-6,9,13H,2-3,7-8,16H2,1H3. The lowest BCUT2D eigenvalue weighted by Crippen LogP contribution is -2.32. The highest BCUT2D eigenvalue weighted by Crippen LogP contribution is 2.32. The Bertz CT molecular complexity index is 393. The lowest BCUT2D eigenvalue weighted by molar-refractivity contribution is 0.235. The molecule has 1 fully saturated rings. The Balaban J connectivity index is 2.14. The minimum atomic E-state index is -0.268. The minimum Gasteiger partial charge on any atom is -0.329 e. The molecular formula is C13H18ClFN2. The zero-order chi connectivity index (χ0) is 12.4. The highest BCUT2D eigenvalue weighted by atomic mass is 35.5. The van der Waals surface area contributed by atoms with Crippen LogP contribution < -0.4 is 5.73 Å². The number of rotatable bonds is 5. The van der Waals surface area contributed by atoms with Gasteiger partial charge in [0.1, 0.15) is 5.82 Å². The van der Waals surface area contributed by atoms with Crippen molar-refractivity contribution in [2.75, 3.05) is 20.1 Å². The van der Waals surface area contributed by atoms with Gasteiger partial charge in [-0.05, 0) is 37.9 Å². The summed E-state index contributed by atoms with van der Waals surface area (Å²) in [6, 6.07) is 4.74. The molecule has 0 bridgehead atoms. The summed E-state index contributed by atoms with van der Waals surface area (Å²) in [5, 5.41) is 0.423. The molecule has 1 aliphatic carbocycles. The number of benzene rings is 1. The quantitative estimate of drug-likeness (QED) is 0.878. The van der Waals surface area contributed by atoms with E-state index in [1.54, 1.807) is 12.1 Å². The summed E-state index contributed by atoms with van der Waals surface area (Å²) in [4.78, 5) is 2.14. The Morgan fingerprint density at radius 3 is 2.76 bits per heavy atom. The lowest BCUT2D eigenvalue weighted by Gasteiger charge is -2.27. The molecule has 0 aromatic heterocycles. The van der Waals surface area contributed by atoms with Gasteiger partial charge >= 0.3 is 0 Å². The van der Waals surface area contributed by atoms with Gasteiger partial charge in [-0.15, -0.1) is 0 Å². The van der Waals surface area contributed by atoms with Crippen molar-refractivity contribution in [3.63, 3.8) is 0 Å². The number of likely N-dealkylation sites (N-methyl/N-ethyl adjacent to an activating group) is 1. The zero-order valence-corrected chi connectivity index (χ0v) is 10.8. The van der Waals surface area contributed by atoms with Gasteiger partial charge in [0.25, 0.3) is 0 Å². The Kier molecular flexibility index (Phi) is 4.02. The first-order chi connectivity index (χ1) is 8.11. The third kappa shape index (κ3) is 3.18. The van der Waals surface area contributed by atoms with Gasteiger partial charge in [0.2, 0.25) is 0 Å². The first-order valence-corrected chi connectivity index (χ1v) is 6.35. The van der Waals surface area contributed by atoms with E-state index in [0.717, 1.165) is 12.5 Å². The molecule has 0 spiro atoms. The molecule has 1 aromatic rings. The molecule has 2 nitrogen and oxygen atoms in total. The van der Waals surface area contributed by atoms with Crippen molar-refractivity contribution in [1.29, 1.82) is 0 Å². The number of nitrogens with zero attached hydrogens (tertiary/aromatic N) is 1. The summed E-state index contributed by atoms with van der Waals surface area (Å²) in [7, 11) is 2.00. The monoisotopic (exact) mass is 256 g/mol. The molecule has 2 rings (SSSR count). The van der Waals surface area contributed by atoms with Crippen LogP contribution >= 0.6 is 11.6 Å². The number of hydrogen-bond donors (Lipinski definition) is 1. The first-order valence-electron chi connectivity index (χ1n) is 5.97. The topological polar surface area (TPSA) is 29.3 Å². The molecule has 0 saturated heterocycles. The number of hydrogen-bond acceptors (Lipinski definition) is 2. The molecular weight excluding hydrogens is 239 g/mol. The molecule has 4 heteroatoms. The van der Waals surface area contributed by atoms with Gasteiger partial charge in [-0.25, -0.2) is 4.39 Å². The zero-order valence-electron chi connectivity index (χ0n) is 10.00. The SMILES string of the molecule is CN(CC1CC1)C(CN)c1ccc(Cl)cc1F. The first kappa shape index (κ1) is 12.8. The van der Waals surface area contributed by atoms with Crippen LogP contribution in [0.5, 0.6) is 0 Å². The molecule has 0 amide bonds. The van der Waals surface area contributed by atoms with E-state index < -0.39 is 0 Å². The van der Waals surface area contributed by atoms with Crippen molar-refractivity contribution in [2.24, 2.45) is 11.7 Å². The number of nitrogens with two attached hydrogens (primary N) is 1. The molecule has 1 aromatic carbocycles. The van der Waals surface area contributed by atoms with E-state index in [2.05, 4.69) is 4.90 Å². The van der Waals surface area contributed by atoms with Crippen molar-refractivity contribution in [2.45, 2.75) is 18.9 Å². The summed E-state index contributed by atoms with van der Waals surface area (Å²) in [5.74, 6) is 0.500. The van der Waals surface area contributed by atoms with Crippen molar-refractivity contribution >= 4 is 11.6 Å². The summed E-state index contributed by atoms with van der Waals surface area (Å²) >= 11 is 5.75. The van der Waals surface area contributed by atoms with Gasteiger partial charge in [-0.3, -0.25) is 4.90 Å². The van der Waals surface area contributed by atoms with E-state index in [1.165, 1.54) is 18.9 Å². The van der Waals surface area contributed by atoms with Crippen LogP contribution in [0.3, 0.4) is 0 Å². The molecule has 94 valence electrons. The second-order valence-corrected chi connectivity index (χ2v) is 5.24. The predicted molar refractivity (Wildman–Crippen MR) is 68.6 cm³/mol. The molecule has 1 unspecified atom stereocenters. The Morgan fingerprint density at radius 1 is 1.53 bits per heavy atom. The van der Waals surface area contributed by atoms with Crippen molar-refractivity contribution < 1.29 is 4.39 Å². The average molecular weight is 257 g/mol. The van der Waals surface area contributed by atoms with Gasteiger partial charge in [-0.2, -0.15) is 0 Å². The maximum Gasteiger partial charge on any atom is 0.129 e. The summed E-state index contributed by atoms with van der Waals surface area (Å²) in [6.07, 6.45) is 2.56. The van der Waals surface area contributed by atoms with Gasteiger partial charge in [0.15, 0.2) is 0 Å². The largest absolute Gasteiger partial charge is 0.329 e. The summed E-state index contributed by atoms with van der Waals surface area (Å²) in [6.45, 7) is 1.41. The van der Waals surface area contributed by atoms with E-state index in [4.69, 9.17) is 17.3 Å². The van der Waals surface area contributed by atoms with Crippen LogP contribution in [0.15, 0.2) is 18.2 Å². The number of halogens is 2. The third-order valence-corrected chi connectivity index (χ3v) is 3.56. The molecule has 17 heavy (non-hydrogen) atoms. The fraction of sp³-hybridized carbons (Fsp3) is 0.538. The Labute approximate surface area is 107 Å². The fourth-order valence-corrected chi connectivity index (χ4v) is 2.31. The van der Waals surface area contributed by atoms with Crippen LogP contribution in [0.4, 0.5) is 4.39 Å². The molecule has 0 aliphatic heterocycles. The molecule has 1 atom stereocenters. The predicted octanol–water partition coefficient (Wildman–Crippen LogP) is 2.82. The second kappa shape index (κ2) is 5.34. The molecule has 1 saturated carbocycles. The van der Waals surface area contributed by atoms with Crippen LogP contribution in [0.25, 0.3) is 0 Å². The van der Waals surface area contributed by atoms with E-state index >= 15 is 0 Å². The normalized spacial score (nSPS) is 17.5. The lowest BCUT2D eigenvalue weighted by atomic mass is 10.0. The van der Waals surface area contributed by atoms with Crippen LogP contribution in [0.2, 0.25) is 5.02 Å². The molecule has 1 aliphatic rings. The van der Waals surface area contributed by atoms with Crippen molar-refractivity contribution in [3.05, 3.63) is 34.6 Å². The maximum atomic E-state index is 13.8. The minimum absolute atomic E-state index is 0.0622. The van der Waals surface area contributed by atoms with Gasteiger partial charge in [0.05, 0.1) is 0 Å². The van der Waals surface area contributed by atoms with Crippen LogP contribution in [-0.4, -0.2) is 25.0 Å². The fourth-order valence-electron chi connectivity index (χ4n) is 2.15. The van der Waals surface area contributed by atoms with E-state index in [9.17, 15) is 4.39 Å². The molecule has 0 radical (unpaired) electrons. The van der Waals surface area contributed by atoms with Crippen molar-refractivity contribution in [3.8, 4) is 0 Å². The smallest absolute Gasteiger partial charge is 0.129 e. The van der Waals surface area contributed by atoms with E-state index in [1.807, 2.05) is 7.05 Å². The van der Waals surface area contributed by atoms with Crippen LogP contribution in [0, 0.1) is 11.7 Å². The average Bonchev–Trinajstić information content (AvgIpc) is 3.06. The van der Waals surface area contributed by atoms with Gasteiger partial charge < -0.3 is 5.73 Å². The van der Waals surface area contributed by atoms with Gasteiger partial charge in [-0.1, -0.05) is 17.7 Å². The molecule has 2 N–H and O–H groups in total. The Hall–Kier alpha value is -0.640. The van der Waals surface area contributed by atoms with Crippen molar-refractivity contribution in [1.82, 2.24) is 4.90 Å². The second-order valence-electron chi connectivity index (χ2n) is 4.80. The van der Waals surface area contributed by atoms with E-state index in [-0.39, 0.29) is 11.9 Å². The maximum absolute atomic E-state index is 13.8. The summed E-state index contributed by atoms with van der Waals surface area (Å²) < 4.78 is 13.8. The Morgan fingerprint density at radius 2 is 2.24 bits per heavy atom. The van der Waals surface area contributed by atoms with Crippen LogP contribution in [-0.2, 0) is 0 Å². The molecule has 0 heterocycles. The highest BCUT2D eigenvalue weighted by Gasteiger charge is 2.27. The van der Waals surface area contributed by atoms with Gasteiger partial charge in [0, 0.05) is 29.7 Å². The third-order valence-electron chi connectivity index (χ3n) is 3.32. The summed E-state index contributed by atoms with van der Waals surface area (Å²) in [5.41, 5.74) is 6.41. The van der Waals surface area contributed by atoms with E-state index in [0.29, 0.717) is 17.1 Å². The highest BCUT2D eigenvalue weighted by molar-refractivity contribution is 6.30.